The highest BCUT2D eigenvalue weighted by Gasteiger charge is 2.13. The number of carbonyl (C=O) groups excluding carboxylic acids is 1. The summed E-state index contributed by atoms with van der Waals surface area (Å²) in [6.45, 7) is 0. The van der Waals surface area contributed by atoms with Gasteiger partial charge in [0.15, 0.2) is 5.58 Å². The lowest BCUT2D eigenvalue weighted by atomic mass is 10.2. The van der Waals surface area contributed by atoms with E-state index in [-0.39, 0.29) is 5.91 Å². The minimum Gasteiger partial charge on any atom is -0.497 e. The van der Waals surface area contributed by atoms with Gasteiger partial charge in [0.2, 0.25) is 5.89 Å². The van der Waals surface area contributed by atoms with Gasteiger partial charge in [0.25, 0.3) is 5.91 Å². The Morgan fingerprint density at radius 1 is 1.11 bits per heavy atom. The smallest absolute Gasteiger partial charge is 0.257 e. The molecule has 0 spiro atoms. The third-order valence-electron chi connectivity index (χ3n) is 4.16. The molecule has 4 rings (SSSR count). The zero-order valence-electron chi connectivity index (χ0n) is 14.7. The van der Waals surface area contributed by atoms with Gasteiger partial charge in [-0.25, -0.2) is 4.98 Å². The molecule has 28 heavy (non-hydrogen) atoms. The first-order valence-electron chi connectivity index (χ1n) is 8.35. The molecular weight excluding hydrogens is 444 g/mol. The maximum atomic E-state index is 12.5. The number of aromatic nitrogens is 1. The molecule has 0 atom stereocenters. The van der Waals surface area contributed by atoms with Gasteiger partial charge in [-0.15, -0.1) is 0 Å². The average Bonchev–Trinajstić information content (AvgIpc) is 3.13. The van der Waals surface area contributed by atoms with Crippen LogP contribution in [0, 0.1) is 0 Å². The number of oxazole rings is 1. The van der Waals surface area contributed by atoms with Crippen molar-refractivity contribution in [3.8, 4) is 17.2 Å². The second-order valence-corrected chi connectivity index (χ2v) is 7.33. The first-order valence-corrected chi connectivity index (χ1v) is 9.52. The largest absolute Gasteiger partial charge is 0.497 e. The van der Waals surface area contributed by atoms with Gasteiger partial charge < -0.3 is 14.5 Å². The van der Waals surface area contributed by atoms with E-state index < -0.39 is 0 Å². The van der Waals surface area contributed by atoms with Crippen molar-refractivity contribution in [2.75, 3.05) is 12.4 Å². The Morgan fingerprint density at radius 2 is 1.89 bits per heavy atom. The molecule has 4 aromatic rings. The summed E-state index contributed by atoms with van der Waals surface area (Å²) < 4.78 is 11.8. The fourth-order valence-corrected chi connectivity index (χ4v) is 3.29. The topological polar surface area (TPSA) is 64.4 Å². The van der Waals surface area contributed by atoms with E-state index >= 15 is 0 Å². The minimum atomic E-state index is -0.284. The Labute approximate surface area is 174 Å². The van der Waals surface area contributed by atoms with Crippen LogP contribution < -0.4 is 10.1 Å². The Bertz CT molecular complexity index is 1170. The molecule has 7 heteroatoms. The first kappa shape index (κ1) is 18.5. The van der Waals surface area contributed by atoms with Gasteiger partial charge in [0.05, 0.1) is 17.7 Å². The summed E-state index contributed by atoms with van der Waals surface area (Å²) in [4.78, 5) is 17.0. The van der Waals surface area contributed by atoms with E-state index in [9.17, 15) is 4.79 Å². The molecule has 140 valence electrons. The maximum absolute atomic E-state index is 12.5. The molecule has 0 aliphatic carbocycles. The van der Waals surface area contributed by atoms with Crippen molar-refractivity contribution in [3.63, 3.8) is 0 Å². The zero-order valence-corrected chi connectivity index (χ0v) is 17.0. The second-order valence-electron chi connectivity index (χ2n) is 6.01. The van der Waals surface area contributed by atoms with E-state index in [0.717, 1.165) is 21.3 Å². The molecule has 0 saturated heterocycles. The van der Waals surface area contributed by atoms with Crippen LogP contribution in [-0.2, 0) is 0 Å². The molecule has 0 aliphatic rings. The normalized spacial score (nSPS) is 10.8. The van der Waals surface area contributed by atoms with Crippen LogP contribution in [-0.4, -0.2) is 18.0 Å². The summed E-state index contributed by atoms with van der Waals surface area (Å²) in [5.41, 5.74) is 3.23. The van der Waals surface area contributed by atoms with E-state index in [4.69, 9.17) is 20.8 Å². The van der Waals surface area contributed by atoms with Crippen molar-refractivity contribution < 1.29 is 13.9 Å². The van der Waals surface area contributed by atoms with Crippen LogP contribution in [0.25, 0.3) is 22.6 Å². The highest BCUT2D eigenvalue weighted by molar-refractivity contribution is 9.10. The van der Waals surface area contributed by atoms with Crippen molar-refractivity contribution in [1.29, 1.82) is 0 Å². The molecule has 0 saturated carbocycles. The molecule has 1 heterocycles. The number of carbonyl (C=O) groups is 1. The van der Waals surface area contributed by atoms with Crippen molar-refractivity contribution in [3.05, 3.63) is 75.7 Å². The molecule has 1 amide bonds. The summed E-state index contributed by atoms with van der Waals surface area (Å²) in [6.07, 6.45) is 0. The molecule has 5 nitrogen and oxygen atoms in total. The number of anilines is 1. The number of amides is 1. The molecule has 1 aromatic heterocycles. The number of rotatable bonds is 4. The monoisotopic (exact) mass is 456 g/mol. The highest BCUT2D eigenvalue weighted by Crippen LogP contribution is 2.28. The summed E-state index contributed by atoms with van der Waals surface area (Å²) >= 11 is 9.46. The van der Waals surface area contributed by atoms with Gasteiger partial charge in [-0.2, -0.15) is 0 Å². The van der Waals surface area contributed by atoms with Gasteiger partial charge in [0, 0.05) is 21.8 Å². The highest BCUT2D eigenvalue weighted by atomic mass is 79.9. The van der Waals surface area contributed by atoms with Crippen LogP contribution in [0.1, 0.15) is 10.4 Å². The maximum Gasteiger partial charge on any atom is 0.257 e. The number of fused-ring (bicyclic) bond motifs is 1. The van der Waals surface area contributed by atoms with Gasteiger partial charge in [-0.05, 0) is 54.6 Å². The summed E-state index contributed by atoms with van der Waals surface area (Å²) in [6, 6.07) is 17.8. The van der Waals surface area contributed by atoms with Gasteiger partial charge in [0.1, 0.15) is 11.3 Å². The summed E-state index contributed by atoms with van der Waals surface area (Å²) in [5, 5.41) is 3.22. The molecule has 3 aromatic carbocycles. The standard InChI is InChI=1S/C21H14BrClN2O3/c1-27-15-7-9-19-18(11-15)25-21(28-19)12-2-5-14(6-3-12)24-20(26)16-10-13(22)4-8-17(16)23/h2-11H,1H3,(H,24,26). The number of nitrogens with zero attached hydrogens (tertiary/aromatic N) is 1. The quantitative estimate of drug-likeness (QED) is 0.398. The molecule has 1 N–H and O–H groups in total. The van der Waals surface area contributed by atoms with Crippen LogP contribution in [0.5, 0.6) is 5.75 Å². The van der Waals surface area contributed by atoms with Crippen LogP contribution in [0.2, 0.25) is 5.02 Å². The van der Waals surface area contributed by atoms with Crippen LogP contribution >= 0.6 is 27.5 Å². The Morgan fingerprint density at radius 3 is 2.64 bits per heavy atom. The molecule has 0 fully saturated rings. The van der Waals surface area contributed by atoms with Crippen molar-refractivity contribution in [2.45, 2.75) is 0 Å². The van der Waals surface area contributed by atoms with Gasteiger partial charge in [-0.1, -0.05) is 27.5 Å². The molecule has 0 aliphatic heterocycles. The van der Waals surface area contributed by atoms with E-state index in [1.807, 2.05) is 30.3 Å². The predicted molar refractivity (Wildman–Crippen MR) is 113 cm³/mol. The van der Waals surface area contributed by atoms with Crippen molar-refractivity contribution in [2.24, 2.45) is 0 Å². The van der Waals surface area contributed by atoms with Gasteiger partial charge in [-0.3, -0.25) is 4.79 Å². The van der Waals surface area contributed by atoms with E-state index in [1.54, 1.807) is 37.4 Å². The number of nitrogens with one attached hydrogen (secondary N) is 1. The minimum absolute atomic E-state index is 0.284. The lowest BCUT2D eigenvalue weighted by Gasteiger charge is -2.07. The number of benzene rings is 3. The Balaban J connectivity index is 1.55. The van der Waals surface area contributed by atoms with Crippen LogP contribution in [0.4, 0.5) is 5.69 Å². The number of ether oxygens (including phenoxy) is 1. The van der Waals surface area contributed by atoms with Crippen molar-refractivity contribution in [1.82, 2.24) is 4.98 Å². The average molecular weight is 458 g/mol. The van der Waals surface area contributed by atoms with Crippen LogP contribution in [0.3, 0.4) is 0 Å². The third kappa shape index (κ3) is 3.74. The first-order chi connectivity index (χ1) is 13.5. The number of halogens is 2. The molecule has 0 unspecified atom stereocenters. The Kier molecular flexibility index (Phi) is 5.07. The summed E-state index contributed by atoms with van der Waals surface area (Å²) in [7, 11) is 1.61. The molecule has 0 radical (unpaired) electrons. The van der Waals surface area contributed by atoms with E-state index in [1.165, 1.54) is 0 Å². The third-order valence-corrected chi connectivity index (χ3v) is 4.98. The summed E-state index contributed by atoms with van der Waals surface area (Å²) in [5.74, 6) is 0.931. The molecular formula is C21H14BrClN2O3. The fourth-order valence-electron chi connectivity index (χ4n) is 2.72. The SMILES string of the molecule is COc1ccc2oc(-c3ccc(NC(=O)c4cc(Br)ccc4Cl)cc3)nc2c1. The zero-order chi connectivity index (χ0) is 19.7. The van der Waals surface area contributed by atoms with E-state index in [2.05, 4.69) is 26.2 Å². The van der Waals surface area contributed by atoms with Crippen LogP contribution in [0.15, 0.2) is 69.6 Å². The fraction of sp³-hybridized carbons (Fsp3) is 0.0476. The lowest BCUT2D eigenvalue weighted by Crippen LogP contribution is -2.12. The van der Waals surface area contributed by atoms with E-state index in [0.29, 0.717) is 27.7 Å². The Hall–Kier alpha value is -2.83. The molecule has 0 bridgehead atoms. The second kappa shape index (κ2) is 7.66. The predicted octanol–water partition coefficient (Wildman–Crippen LogP) is 6.17. The van der Waals surface area contributed by atoms with Gasteiger partial charge >= 0.3 is 0 Å². The number of hydrogen-bond acceptors (Lipinski definition) is 4. The number of hydrogen-bond donors (Lipinski definition) is 1. The van der Waals surface area contributed by atoms with Crippen molar-refractivity contribution >= 4 is 50.2 Å². The lowest BCUT2D eigenvalue weighted by molar-refractivity contribution is 0.102. The number of methoxy groups -OCH3 is 1.